The summed E-state index contributed by atoms with van der Waals surface area (Å²) in [7, 11) is 21.2. The van der Waals surface area contributed by atoms with Crippen LogP contribution in [0, 0.1) is 20.8 Å². The van der Waals surface area contributed by atoms with Crippen LogP contribution in [0.15, 0.2) is 394 Å². The van der Waals surface area contributed by atoms with E-state index in [9.17, 15) is 0 Å². The molecule has 0 spiro atoms. The van der Waals surface area contributed by atoms with Crippen molar-refractivity contribution in [2.75, 3.05) is 80.3 Å². The normalized spacial score (nSPS) is 9.42. The van der Waals surface area contributed by atoms with E-state index in [2.05, 4.69) is 477 Å². The predicted molar refractivity (Wildman–Crippen MR) is 520 cm³/mol. The first-order chi connectivity index (χ1) is 53.7. The van der Waals surface area contributed by atoms with E-state index in [0.29, 0.717) is 0 Å². The topological polar surface area (TPSA) is 13.0 Å². The van der Waals surface area contributed by atoms with Crippen LogP contribution in [-0.2, 0) is 0 Å². The number of nitrogens with zero attached hydrogens (tertiary/aromatic N) is 4. The van der Waals surface area contributed by atoms with Crippen LogP contribution in [0.5, 0.6) is 0 Å². The first-order valence-corrected chi connectivity index (χ1v) is 44.6. The van der Waals surface area contributed by atoms with E-state index in [0.717, 1.165) is 22.7 Å². The summed E-state index contributed by atoms with van der Waals surface area (Å²) in [5, 5.41) is 5.07. The molecule has 7 atom stereocenters. The zero-order valence-electron chi connectivity index (χ0n) is 65.9. The molecular weight excluding hydrogens is 1450 g/mol. The Morgan fingerprint density at radius 3 is 0.697 bits per heavy atom. The molecule has 562 valence electrons. The maximum absolute atomic E-state index is 2.42. The molecule has 109 heavy (non-hydrogen) atoms. The number of benzene rings is 15. The monoisotopic (exact) mass is 1560 g/mol. The summed E-state index contributed by atoms with van der Waals surface area (Å²) < 4.78 is 0. The molecule has 4 nitrogen and oxygen atoms in total. The smallest absolute Gasteiger partial charge is 0.0487 e. The average molecular weight is 1570 g/mol. The second-order valence-corrected chi connectivity index (χ2v) is 23.3. The lowest BCUT2D eigenvalue weighted by molar-refractivity contribution is 1.21. The third-order valence-electron chi connectivity index (χ3n) is 16.5. The van der Waals surface area contributed by atoms with Gasteiger partial charge in [-0.05, 0) is 175 Å². The Kier molecular flexibility index (Phi) is 47.0. The summed E-state index contributed by atoms with van der Waals surface area (Å²) in [6.45, 7) is 19.8. The highest BCUT2D eigenvalue weighted by Crippen LogP contribution is 2.39. The Labute approximate surface area is 672 Å². The summed E-state index contributed by atoms with van der Waals surface area (Å²) in [4.78, 5) is 9.02. The van der Waals surface area contributed by atoms with Crippen LogP contribution in [0.3, 0.4) is 0 Å². The van der Waals surface area contributed by atoms with Crippen LogP contribution in [-0.4, -0.2) is 60.7 Å². The van der Waals surface area contributed by atoms with Crippen LogP contribution < -0.4 is 19.6 Å². The maximum Gasteiger partial charge on any atom is 0.0487 e. The average Bonchev–Trinajstić information content (AvgIpc) is 0.803. The summed E-state index contributed by atoms with van der Waals surface area (Å²) >= 11 is 0. The van der Waals surface area contributed by atoms with E-state index in [-0.39, 0.29) is 0 Å². The van der Waals surface area contributed by atoms with Gasteiger partial charge in [-0.25, -0.2) is 0 Å². The van der Waals surface area contributed by atoms with Crippen molar-refractivity contribution in [1.29, 1.82) is 0 Å². The van der Waals surface area contributed by atoms with Crippen molar-refractivity contribution in [2.24, 2.45) is 0 Å². The van der Waals surface area contributed by atoms with Crippen LogP contribution >= 0.6 is 64.7 Å². The second kappa shape index (κ2) is 55.4. The highest BCUT2D eigenvalue weighted by atomic mass is 31.0. The molecule has 0 aliphatic rings. The summed E-state index contributed by atoms with van der Waals surface area (Å²) in [6.07, 6.45) is 0. The zero-order valence-corrected chi connectivity index (χ0v) is 73.9. The molecule has 0 aliphatic carbocycles. The maximum atomic E-state index is 2.42. The van der Waals surface area contributed by atoms with E-state index in [4.69, 9.17) is 0 Å². The summed E-state index contributed by atoms with van der Waals surface area (Å²) in [5.74, 6) is 0. The zero-order chi connectivity index (χ0) is 79.4. The van der Waals surface area contributed by atoms with Gasteiger partial charge in [-0.1, -0.05) is 337 Å². The van der Waals surface area contributed by atoms with Crippen molar-refractivity contribution in [1.82, 2.24) is 0 Å². The molecule has 15 aromatic carbocycles. The molecule has 0 radical (unpaired) electrons. The Balaban J connectivity index is 0.000000287. The van der Waals surface area contributed by atoms with E-state index < -0.39 is 0 Å². The van der Waals surface area contributed by atoms with Crippen molar-refractivity contribution >= 4 is 143 Å². The fourth-order valence-electron chi connectivity index (χ4n) is 11.6. The third-order valence-corrected chi connectivity index (χ3v) is 16.5. The van der Waals surface area contributed by atoms with Crippen molar-refractivity contribution in [2.45, 2.75) is 20.8 Å². The molecule has 15 rings (SSSR count). The van der Waals surface area contributed by atoms with Gasteiger partial charge < -0.3 is 19.6 Å². The summed E-state index contributed by atoms with van der Waals surface area (Å²) in [5.41, 5.74) is 20.7. The first kappa shape index (κ1) is 92.4. The largest absolute Gasteiger partial charge is 0.344 e. The van der Waals surface area contributed by atoms with Crippen molar-refractivity contribution in [3.63, 3.8) is 0 Å². The molecule has 11 heteroatoms. The molecule has 0 fully saturated rings. The van der Waals surface area contributed by atoms with Crippen LogP contribution in [0.2, 0.25) is 0 Å². The molecule has 0 heterocycles. The van der Waals surface area contributed by atoms with Crippen molar-refractivity contribution in [3.05, 3.63) is 411 Å². The van der Waals surface area contributed by atoms with Crippen molar-refractivity contribution < 1.29 is 0 Å². The van der Waals surface area contributed by atoms with Crippen LogP contribution in [0.1, 0.15) is 16.7 Å². The van der Waals surface area contributed by atoms with Gasteiger partial charge in [0, 0.05) is 81.7 Å². The lowest BCUT2D eigenvalue weighted by Gasteiger charge is -2.27. The molecule has 0 saturated heterocycles. The minimum atomic E-state index is 1.13. The van der Waals surface area contributed by atoms with E-state index in [1.54, 1.807) is 0 Å². The summed E-state index contributed by atoms with van der Waals surface area (Å²) in [6, 6.07) is 138. The predicted octanol–water partition coefficient (Wildman–Crippen LogP) is 28.9. The number of para-hydroxylation sites is 5. The van der Waals surface area contributed by atoms with Crippen LogP contribution in [0.4, 0.5) is 56.9 Å². The van der Waals surface area contributed by atoms with Gasteiger partial charge in [0.05, 0.1) is 0 Å². The molecule has 0 N–H and O–H groups in total. The third kappa shape index (κ3) is 29.7. The van der Waals surface area contributed by atoms with Gasteiger partial charge in [0.2, 0.25) is 0 Å². The number of aryl methyl sites for hydroxylation is 3. The SMILES string of the molecule is CN(c1ccc(N(c2ccccc2)c2ccccc2)cc1)c1cccc2ccccc12.CN(c1ccccc1)c1cccc2ccccc12.CP.CP.CP.CP.CP.CP.CP.Cc1cc(-c2ccccc2)cc(-c2ccccc2)c1.Cc1ccc(N(c2ccccc2)c2ccccc2)cc1.Cc1ccccc1. The molecule has 0 aliphatic heterocycles. The van der Waals surface area contributed by atoms with Gasteiger partial charge in [-0.2, -0.15) is 0 Å². The Bertz CT molecular complexity index is 4620. The van der Waals surface area contributed by atoms with Crippen molar-refractivity contribution in [3.8, 4) is 22.3 Å². The first-order valence-electron chi connectivity index (χ1n) is 36.5. The fraction of sp³-hybridized carbons (Fsp3) is 0.122. The number of anilines is 10. The molecule has 0 bridgehead atoms. The molecule has 7 unspecified atom stereocenters. The van der Waals surface area contributed by atoms with E-state index in [1.807, 2.05) is 83.1 Å². The number of rotatable bonds is 12. The number of hydrogen-bond donors (Lipinski definition) is 0. The van der Waals surface area contributed by atoms with E-state index >= 15 is 0 Å². The van der Waals surface area contributed by atoms with Gasteiger partial charge in [0.15, 0.2) is 0 Å². The Morgan fingerprint density at radius 2 is 0.394 bits per heavy atom. The van der Waals surface area contributed by atoms with Crippen LogP contribution in [0.25, 0.3) is 43.8 Å². The molecule has 15 aromatic rings. The van der Waals surface area contributed by atoms with Gasteiger partial charge in [0.25, 0.3) is 0 Å². The molecule has 0 aromatic heterocycles. The minimum Gasteiger partial charge on any atom is -0.344 e. The van der Waals surface area contributed by atoms with Gasteiger partial charge >= 0.3 is 0 Å². The molecular formula is C98H115N4P7. The lowest BCUT2D eigenvalue weighted by Crippen LogP contribution is -2.12. The highest BCUT2D eigenvalue weighted by molar-refractivity contribution is 7.16. The quantitative estimate of drug-likeness (QED) is 0.113. The Morgan fingerprint density at radius 1 is 0.174 bits per heavy atom. The lowest BCUT2D eigenvalue weighted by atomic mass is 9.97. The van der Waals surface area contributed by atoms with Gasteiger partial charge in [0.1, 0.15) is 0 Å². The van der Waals surface area contributed by atoms with Gasteiger partial charge in [-0.3, -0.25) is 0 Å². The standard InChI is InChI=1S/C29H24N2.C19H17N.C19H16.C17H15N.C7H8.7CH5P/c1-30(29-18-10-12-23-11-8-9-17-28(23)29)24-19-21-27(22-20-24)31(25-13-4-2-5-14-25)26-15-6-3-7-16-26;1-16-12-14-19(15-13-16)20(17-8-4-2-5-9-17)18-10-6-3-7-11-18;1-15-12-18(16-8-4-2-5-9-16)14-19(13-15)17-10-6-3-7-11-17;1-18(15-10-3-2-4-11-15)17-13-7-9-14-8-5-6-12-16(14)17;1-7-5-3-2-4-6-7;7*1-2/h2-22H,1H3;2-15H,1H3;2-14H,1H3;2-13H,1H3;2-6H,1H3;7*2H2,1H3. The fourth-order valence-corrected chi connectivity index (χ4v) is 11.6. The van der Waals surface area contributed by atoms with Gasteiger partial charge in [-0.15, -0.1) is 64.7 Å². The molecule has 0 saturated carbocycles. The number of hydrogen-bond acceptors (Lipinski definition) is 4. The molecule has 0 amide bonds. The second-order valence-electron chi connectivity index (χ2n) is 23.3. The number of fused-ring (bicyclic) bond motifs is 2. The Hall–Kier alpha value is -8.97. The van der Waals surface area contributed by atoms with E-state index in [1.165, 1.54) is 94.6 Å². The minimum absolute atomic E-state index is 1.13. The highest BCUT2D eigenvalue weighted by Gasteiger charge is 2.15.